The lowest BCUT2D eigenvalue weighted by Crippen LogP contribution is -2.44. The van der Waals surface area contributed by atoms with Crippen LogP contribution in [0, 0.1) is 0 Å². The molecule has 0 spiro atoms. The molecule has 0 saturated carbocycles. The highest BCUT2D eigenvalue weighted by Crippen LogP contribution is 2.16. The van der Waals surface area contributed by atoms with Gasteiger partial charge in [0, 0.05) is 31.0 Å². The molecule has 148 valence electrons. The molecular formula is C21H24ClN3O2S. The number of halogens is 1. The number of benzene rings is 2. The second kappa shape index (κ2) is 11.4. The predicted octanol–water partition coefficient (Wildman–Crippen LogP) is 3.09. The molecule has 0 aliphatic rings. The molecule has 2 aromatic carbocycles. The maximum absolute atomic E-state index is 12.3. The molecule has 0 aliphatic heterocycles. The molecule has 5 nitrogen and oxygen atoms in total. The third kappa shape index (κ3) is 7.66. The Labute approximate surface area is 175 Å². The number of hydrogen-bond donors (Lipinski definition) is 2. The van der Waals surface area contributed by atoms with E-state index < -0.39 is 5.91 Å². The highest BCUT2D eigenvalue weighted by molar-refractivity contribution is 7.80. The number of rotatable bonds is 9. The summed E-state index contributed by atoms with van der Waals surface area (Å²) >= 11 is 11.5. The minimum Gasteiger partial charge on any atom is -0.370 e. The third-order valence-corrected chi connectivity index (χ3v) is 4.98. The lowest BCUT2D eigenvalue weighted by atomic mass is 10.1. The van der Waals surface area contributed by atoms with Gasteiger partial charge in [-0.1, -0.05) is 60.1 Å². The van der Waals surface area contributed by atoms with Crippen LogP contribution in [0.25, 0.3) is 0 Å². The zero-order valence-electron chi connectivity index (χ0n) is 15.6. The van der Waals surface area contributed by atoms with Crippen molar-refractivity contribution in [3.8, 4) is 0 Å². The number of aryl methyl sites for hydroxylation is 1. The zero-order valence-corrected chi connectivity index (χ0v) is 17.1. The summed E-state index contributed by atoms with van der Waals surface area (Å²) in [6, 6.07) is 17.4. The van der Waals surface area contributed by atoms with Gasteiger partial charge in [-0.15, -0.1) is 0 Å². The highest BCUT2D eigenvalue weighted by Gasteiger charge is 2.14. The Morgan fingerprint density at radius 1 is 0.964 bits per heavy atom. The first-order chi connectivity index (χ1) is 13.5. The Bertz CT molecular complexity index is 814. The minimum absolute atomic E-state index is 0.171. The lowest BCUT2D eigenvalue weighted by molar-refractivity contribution is -0.119. The summed E-state index contributed by atoms with van der Waals surface area (Å²) in [7, 11) is 0. The summed E-state index contributed by atoms with van der Waals surface area (Å²) in [5.41, 5.74) is 7.34. The Morgan fingerprint density at radius 2 is 1.64 bits per heavy atom. The molecule has 0 atom stereocenters. The number of thiocarbonyl (C=S) groups is 1. The minimum atomic E-state index is -0.405. The molecule has 0 radical (unpaired) electrons. The molecule has 3 N–H and O–H groups in total. The average molecular weight is 418 g/mol. The van der Waals surface area contributed by atoms with Gasteiger partial charge >= 0.3 is 0 Å². The molecule has 28 heavy (non-hydrogen) atoms. The first-order valence-corrected chi connectivity index (χ1v) is 9.88. The molecule has 0 saturated heterocycles. The number of carbonyl (C=O) groups is 2. The molecule has 2 amide bonds. The van der Waals surface area contributed by atoms with Gasteiger partial charge in [0.15, 0.2) is 5.11 Å². The summed E-state index contributed by atoms with van der Waals surface area (Å²) in [6.07, 6.45) is 1.71. The van der Waals surface area contributed by atoms with E-state index in [1.807, 2.05) is 48.5 Å². The maximum Gasteiger partial charge on any atom is 0.226 e. The van der Waals surface area contributed by atoms with Crippen LogP contribution in [-0.4, -0.2) is 34.9 Å². The van der Waals surface area contributed by atoms with Crippen LogP contribution in [0.3, 0.4) is 0 Å². The number of carbonyl (C=O) groups excluding carboxylic acids is 2. The average Bonchev–Trinajstić information content (AvgIpc) is 2.68. The van der Waals surface area contributed by atoms with E-state index in [2.05, 4.69) is 5.32 Å². The Kier molecular flexibility index (Phi) is 8.91. The van der Waals surface area contributed by atoms with E-state index in [0.29, 0.717) is 29.6 Å². The SMILES string of the molecule is NC(=O)CCN(CCc1ccccc1)C(=S)NC(=O)CCc1ccccc1Cl. The topological polar surface area (TPSA) is 75.4 Å². The van der Waals surface area contributed by atoms with Crippen LogP contribution in [0.5, 0.6) is 0 Å². The molecule has 0 fully saturated rings. The van der Waals surface area contributed by atoms with Crippen molar-refractivity contribution in [3.63, 3.8) is 0 Å². The summed E-state index contributed by atoms with van der Waals surface area (Å²) < 4.78 is 0. The van der Waals surface area contributed by atoms with Crippen molar-refractivity contribution in [1.82, 2.24) is 10.2 Å². The van der Waals surface area contributed by atoms with E-state index in [1.165, 1.54) is 0 Å². The number of amides is 2. The predicted molar refractivity (Wildman–Crippen MR) is 116 cm³/mol. The lowest BCUT2D eigenvalue weighted by Gasteiger charge is -2.25. The molecule has 2 aromatic rings. The number of primary amides is 1. The van der Waals surface area contributed by atoms with Gasteiger partial charge in [0.05, 0.1) is 0 Å². The Morgan fingerprint density at radius 3 is 2.32 bits per heavy atom. The van der Waals surface area contributed by atoms with Crippen molar-refractivity contribution in [1.29, 1.82) is 0 Å². The molecule has 0 aliphatic carbocycles. The van der Waals surface area contributed by atoms with Crippen LogP contribution in [0.4, 0.5) is 0 Å². The fraction of sp³-hybridized carbons (Fsp3) is 0.286. The second-order valence-corrected chi connectivity index (χ2v) is 7.18. The van der Waals surface area contributed by atoms with E-state index in [9.17, 15) is 9.59 Å². The third-order valence-electron chi connectivity index (χ3n) is 4.25. The summed E-state index contributed by atoms with van der Waals surface area (Å²) in [4.78, 5) is 25.3. The van der Waals surface area contributed by atoms with Gasteiger partial charge in [0.2, 0.25) is 11.8 Å². The quantitative estimate of drug-likeness (QED) is 0.615. The number of hydrogen-bond acceptors (Lipinski definition) is 3. The zero-order chi connectivity index (χ0) is 20.4. The highest BCUT2D eigenvalue weighted by atomic mass is 35.5. The number of nitrogens with two attached hydrogens (primary N) is 1. The molecule has 2 rings (SSSR count). The van der Waals surface area contributed by atoms with Crippen LogP contribution < -0.4 is 11.1 Å². The van der Waals surface area contributed by atoms with Crippen LogP contribution in [0.2, 0.25) is 5.02 Å². The van der Waals surface area contributed by atoms with Crippen molar-refractivity contribution >= 4 is 40.7 Å². The van der Waals surface area contributed by atoms with E-state index in [-0.39, 0.29) is 18.7 Å². The first-order valence-electron chi connectivity index (χ1n) is 9.10. The molecule has 0 aromatic heterocycles. The number of nitrogens with zero attached hydrogens (tertiary/aromatic N) is 1. The molecule has 0 heterocycles. The van der Waals surface area contributed by atoms with E-state index in [1.54, 1.807) is 11.0 Å². The Balaban J connectivity index is 1.89. The normalized spacial score (nSPS) is 10.3. The fourth-order valence-electron chi connectivity index (χ4n) is 2.68. The monoisotopic (exact) mass is 417 g/mol. The largest absolute Gasteiger partial charge is 0.370 e. The fourth-order valence-corrected chi connectivity index (χ4v) is 3.21. The van der Waals surface area contributed by atoms with Crippen molar-refractivity contribution in [2.45, 2.75) is 25.7 Å². The van der Waals surface area contributed by atoms with Crippen LogP contribution in [-0.2, 0) is 22.4 Å². The van der Waals surface area contributed by atoms with Gasteiger partial charge in [-0.2, -0.15) is 0 Å². The first kappa shape index (κ1) is 21.9. The maximum atomic E-state index is 12.3. The summed E-state index contributed by atoms with van der Waals surface area (Å²) in [5.74, 6) is -0.591. The van der Waals surface area contributed by atoms with Gasteiger partial charge in [-0.05, 0) is 42.3 Å². The van der Waals surface area contributed by atoms with Gasteiger partial charge in [0.1, 0.15) is 0 Å². The smallest absolute Gasteiger partial charge is 0.226 e. The van der Waals surface area contributed by atoms with Gasteiger partial charge in [0.25, 0.3) is 0 Å². The van der Waals surface area contributed by atoms with Crippen LogP contribution >= 0.6 is 23.8 Å². The van der Waals surface area contributed by atoms with E-state index in [0.717, 1.165) is 17.5 Å². The molecule has 7 heteroatoms. The van der Waals surface area contributed by atoms with Crippen molar-refractivity contribution in [3.05, 3.63) is 70.7 Å². The van der Waals surface area contributed by atoms with Gasteiger partial charge in [-0.3, -0.25) is 9.59 Å². The van der Waals surface area contributed by atoms with Crippen LogP contribution in [0.1, 0.15) is 24.0 Å². The van der Waals surface area contributed by atoms with E-state index in [4.69, 9.17) is 29.6 Å². The van der Waals surface area contributed by atoms with E-state index >= 15 is 0 Å². The Hall–Kier alpha value is -2.44. The summed E-state index contributed by atoms with van der Waals surface area (Å²) in [6.45, 7) is 0.951. The second-order valence-electron chi connectivity index (χ2n) is 6.38. The molecular weight excluding hydrogens is 394 g/mol. The molecule has 0 unspecified atom stereocenters. The number of nitrogens with one attached hydrogen (secondary N) is 1. The van der Waals surface area contributed by atoms with Gasteiger partial charge in [-0.25, -0.2) is 0 Å². The van der Waals surface area contributed by atoms with Crippen molar-refractivity contribution in [2.24, 2.45) is 5.73 Å². The van der Waals surface area contributed by atoms with Gasteiger partial charge < -0.3 is 16.0 Å². The summed E-state index contributed by atoms with van der Waals surface area (Å²) in [5, 5.41) is 3.70. The van der Waals surface area contributed by atoms with Crippen LogP contribution in [0.15, 0.2) is 54.6 Å². The standard InChI is InChI=1S/C21H24ClN3O2S/c22-18-9-5-4-8-17(18)10-11-20(27)24-21(28)25(15-13-19(23)26)14-12-16-6-2-1-3-7-16/h1-9H,10-15H2,(H2,23,26)(H,24,27,28). The van der Waals surface area contributed by atoms with Crippen molar-refractivity contribution in [2.75, 3.05) is 13.1 Å². The van der Waals surface area contributed by atoms with Crippen molar-refractivity contribution < 1.29 is 9.59 Å². The molecule has 0 bridgehead atoms.